The highest BCUT2D eigenvalue weighted by molar-refractivity contribution is 6.28. The van der Waals surface area contributed by atoms with Crippen LogP contribution in [-0.2, 0) is 0 Å². The van der Waals surface area contributed by atoms with E-state index in [0.29, 0.717) is 17.5 Å². The quantitative estimate of drug-likeness (QED) is 0.143. The maximum Gasteiger partial charge on any atom is 0.164 e. The summed E-state index contributed by atoms with van der Waals surface area (Å²) in [6.45, 7) is 0. The van der Waals surface area contributed by atoms with Gasteiger partial charge in [-0.15, -0.1) is 0 Å². The summed E-state index contributed by atoms with van der Waals surface area (Å²) >= 11 is 0. The van der Waals surface area contributed by atoms with Crippen LogP contribution in [0.2, 0.25) is 0 Å². The Morgan fingerprint density at radius 2 is 0.575 bits per heavy atom. The summed E-state index contributed by atoms with van der Waals surface area (Å²) in [4.78, 5) is 16.1. The smallest absolute Gasteiger partial charge is 0.164 e. The van der Waals surface area contributed by atoms with Crippen molar-refractivity contribution >= 4 is 54.1 Å². The van der Waals surface area contributed by atoms with Crippen LogP contribution in [-0.4, -0.2) is 19.5 Å². The molecule has 0 aliphatic rings. The second-order valence-electron chi connectivity index (χ2n) is 18.7. The van der Waals surface area contributed by atoms with Crippen LogP contribution in [0.5, 0.6) is 0 Å². The topological polar surface area (TPSA) is 43.6 Å². The number of rotatable bonds is 8. The molecule has 0 spiro atoms. The third-order valence-electron chi connectivity index (χ3n) is 14.5. The first-order valence-corrected chi connectivity index (χ1v) is 24.8. The van der Waals surface area contributed by atoms with Crippen molar-refractivity contribution in [3.63, 3.8) is 0 Å². The zero-order valence-electron chi connectivity index (χ0n) is 39.7. The second-order valence-corrected chi connectivity index (χ2v) is 18.7. The van der Waals surface area contributed by atoms with Gasteiger partial charge in [0.05, 0.1) is 11.0 Å². The molecule has 0 saturated heterocycles. The van der Waals surface area contributed by atoms with Crippen molar-refractivity contribution in [3.8, 4) is 84.4 Å². The van der Waals surface area contributed by atoms with Crippen LogP contribution in [0.25, 0.3) is 138 Å². The lowest BCUT2D eigenvalue weighted by molar-refractivity contribution is 1.08. The fraction of sp³-hybridized carbons (Fsp3) is 0. The third-order valence-corrected chi connectivity index (χ3v) is 14.5. The van der Waals surface area contributed by atoms with E-state index in [1.807, 2.05) is 12.1 Å². The highest BCUT2D eigenvalue weighted by Gasteiger charge is 2.21. The molecule has 0 aliphatic heterocycles. The van der Waals surface area contributed by atoms with Gasteiger partial charge >= 0.3 is 0 Å². The Labute approximate surface area is 422 Å². The number of fused-ring (bicyclic) bond motifs is 9. The number of nitrogens with zero attached hydrogens (tertiary/aromatic N) is 4. The fourth-order valence-corrected chi connectivity index (χ4v) is 10.9. The van der Waals surface area contributed by atoms with Crippen LogP contribution < -0.4 is 0 Å². The minimum absolute atomic E-state index is 0.614. The summed E-state index contributed by atoms with van der Waals surface area (Å²) in [6, 6.07) is 95.6. The van der Waals surface area contributed by atoms with E-state index in [0.717, 1.165) is 77.2 Å². The minimum Gasteiger partial charge on any atom is -0.309 e. The lowest BCUT2D eigenvalue weighted by Crippen LogP contribution is -2.01. The van der Waals surface area contributed by atoms with E-state index in [-0.39, 0.29) is 0 Å². The van der Waals surface area contributed by atoms with Gasteiger partial charge in [0.25, 0.3) is 0 Å². The molecule has 14 aromatic rings. The molecule has 14 rings (SSSR count). The molecule has 0 amide bonds. The zero-order chi connectivity index (χ0) is 48.2. The van der Waals surface area contributed by atoms with Crippen LogP contribution in [0.4, 0.5) is 0 Å². The highest BCUT2D eigenvalue weighted by atomic mass is 15.0. The Morgan fingerprint density at radius 1 is 0.219 bits per heavy atom. The first-order chi connectivity index (χ1) is 36.2. The van der Waals surface area contributed by atoms with Gasteiger partial charge in [0.1, 0.15) is 0 Å². The lowest BCUT2D eigenvalue weighted by atomic mass is 9.91. The monoisotopic (exact) mass is 928 g/mol. The van der Waals surface area contributed by atoms with Crippen LogP contribution in [0.3, 0.4) is 0 Å². The van der Waals surface area contributed by atoms with Gasteiger partial charge in [-0.05, 0) is 95.7 Å². The molecule has 0 saturated carbocycles. The number of hydrogen-bond donors (Lipinski definition) is 0. The Kier molecular flexibility index (Phi) is 10.1. The molecule has 2 heterocycles. The van der Waals surface area contributed by atoms with Crippen molar-refractivity contribution in [2.24, 2.45) is 0 Å². The molecule has 0 fully saturated rings. The number of aromatic nitrogens is 4. The first kappa shape index (κ1) is 42.1. The van der Waals surface area contributed by atoms with E-state index in [1.165, 1.54) is 43.8 Å². The number of hydrogen-bond acceptors (Lipinski definition) is 3. The second kappa shape index (κ2) is 17.6. The van der Waals surface area contributed by atoms with Crippen molar-refractivity contribution in [1.82, 2.24) is 19.5 Å². The summed E-state index contributed by atoms with van der Waals surface area (Å²) in [5, 5.41) is 9.31. The highest BCUT2D eigenvalue weighted by Crippen LogP contribution is 2.43. The van der Waals surface area contributed by atoms with E-state index in [2.05, 4.69) is 259 Å². The molecule has 0 bridgehead atoms. The predicted octanol–water partition coefficient (Wildman–Crippen LogP) is 18.1. The van der Waals surface area contributed by atoms with Crippen LogP contribution in [0, 0.1) is 0 Å². The van der Waals surface area contributed by atoms with Gasteiger partial charge in [0.2, 0.25) is 0 Å². The molecule has 0 unspecified atom stereocenters. The minimum atomic E-state index is 0.614. The van der Waals surface area contributed by atoms with Crippen molar-refractivity contribution < 1.29 is 0 Å². The van der Waals surface area contributed by atoms with E-state index < -0.39 is 0 Å². The van der Waals surface area contributed by atoms with Gasteiger partial charge in [0, 0.05) is 38.5 Å². The van der Waals surface area contributed by atoms with Crippen molar-refractivity contribution in [3.05, 3.63) is 267 Å². The molecule has 340 valence electrons. The van der Waals surface area contributed by atoms with Gasteiger partial charge in [-0.3, -0.25) is 0 Å². The van der Waals surface area contributed by atoms with Gasteiger partial charge in [-0.1, -0.05) is 243 Å². The molecular weight excluding hydrogens is 885 g/mol. The normalized spacial score (nSPS) is 11.6. The van der Waals surface area contributed by atoms with Crippen molar-refractivity contribution in [2.45, 2.75) is 0 Å². The first-order valence-electron chi connectivity index (χ1n) is 24.8. The zero-order valence-corrected chi connectivity index (χ0v) is 39.7. The van der Waals surface area contributed by atoms with E-state index in [1.54, 1.807) is 0 Å². The molecule has 0 N–H and O–H groups in total. The van der Waals surface area contributed by atoms with Crippen LogP contribution >= 0.6 is 0 Å². The maximum atomic E-state index is 5.41. The number of benzene rings is 12. The average Bonchev–Trinajstić information content (AvgIpc) is 3.81. The van der Waals surface area contributed by atoms with Crippen molar-refractivity contribution in [1.29, 1.82) is 0 Å². The van der Waals surface area contributed by atoms with E-state index >= 15 is 0 Å². The van der Waals surface area contributed by atoms with Crippen LogP contribution in [0.15, 0.2) is 267 Å². The van der Waals surface area contributed by atoms with E-state index in [9.17, 15) is 0 Å². The Hall–Kier alpha value is -9.77. The average molecular weight is 929 g/mol. The predicted molar refractivity (Wildman–Crippen MR) is 305 cm³/mol. The molecule has 12 aromatic carbocycles. The molecule has 73 heavy (non-hydrogen) atoms. The molecule has 0 atom stereocenters. The van der Waals surface area contributed by atoms with E-state index in [4.69, 9.17) is 15.0 Å². The Balaban J connectivity index is 1.02. The molecule has 2 aromatic heterocycles. The van der Waals surface area contributed by atoms with Gasteiger partial charge in [-0.2, -0.15) is 0 Å². The summed E-state index contributed by atoms with van der Waals surface area (Å²) in [5.41, 5.74) is 15.4. The van der Waals surface area contributed by atoms with Crippen LogP contribution in [0.1, 0.15) is 0 Å². The molecule has 4 heteroatoms. The molecule has 0 radical (unpaired) electrons. The SMILES string of the molecule is c1ccc(-c2ccc(-c3nc(-c4ccc(-c5ccccc5)cc4)nc(-c4cccc5c6ccccc6c6ccc(-n7c8cc(-c9ccccc9)ccc8c8ccc(-c9ccccc9)cc87)cc6c45)n3)cc2)cc1. The third kappa shape index (κ3) is 7.44. The molecule has 0 aliphatic carbocycles. The Bertz CT molecular complexity index is 4180. The van der Waals surface area contributed by atoms with Gasteiger partial charge < -0.3 is 4.57 Å². The standard InChI is InChI=1S/C69H44N4/c1-5-16-45(17-6-1)49-28-32-51(33-29-49)67-70-68(52-34-30-50(31-35-52)46-18-7-2-8-19-46)72-69(71-67)62-27-15-26-61-57-25-14-13-24-56(57)58-41-38-55(44-63(58)66(61)62)73-64-42-53(47-20-9-3-10-21-47)36-39-59(64)60-40-37-54(43-65(60)73)48-22-11-4-12-23-48/h1-44H. The summed E-state index contributed by atoms with van der Waals surface area (Å²) in [5.74, 6) is 1.84. The molecule has 4 nitrogen and oxygen atoms in total. The lowest BCUT2D eigenvalue weighted by Gasteiger charge is -2.17. The van der Waals surface area contributed by atoms with Gasteiger partial charge in [0.15, 0.2) is 17.5 Å². The summed E-state index contributed by atoms with van der Waals surface area (Å²) < 4.78 is 2.46. The Morgan fingerprint density at radius 3 is 1.07 bits per heavy atom. The summed E-state index contributed by atoms with van der Waals surface area (Å²) in [6.07, 6.45) is 0. The molecular formula is C69H44N4. The fourth-order valence-electron chi connectivity index (χ4n) is 10.9. The summed E-state index contributed by atoms with van der Waals surface area (Å²) in [7, 11) is 0. The van der Waals surface area contributed by atoms with Gasteiger partial charge in [-0.25, -0.2) is 15.0 Å². The van der Waals surface area contributed by atoms with Crippen molar-refractivity contribution in [2.75, 3.05) is 0 Å². The largest absolute Gasteiger partial charge is 0.309 e. The maximum absolute atomic E-state index is 5.41.